The lowest BCUT2D eigenvalue weighted by molar-refractivity contribution is 0.607. The van der Waals surface area contributed by atoms with E-state index in [1.54, 1.807) is 0 Å². The van der Waals surface area contributed by atoms with Crippen molar-refractivity contribution in [2.24, 2.45) is 11.7 Å². The molecule has 0 aromatic heterocycles. The Balaban J connectivity index is 2.26. The summed E-state index contributed by atoms with van der Waals surface area (Å²) >= 11 is 3.53. The molecule has 1 fully saturated rings. The van der Waals surface area contributed by atoms with Gasteiger partial charge in [-0.3, -0.25) is 0 Å². The van der Waals surface area contributed by atoms with Gasteiger partial charge in [-0.25, -0.2) is 0 Å². The number of hydrogen-bond donors (Lipinski definition) is 1. The van der Waals surface area contributed by atoms with E-state index < -0.39 is 0 Å². The fraction of sp³-hybridized carbons (Fsp3) is 0.538. The van der Waals surface area contributed by atoms with Crippen LogP contribution in [0.5, 0.6) is 0 Å². The van der Waals surface area contributed by atoms with Crippen molar-refractivity contribution in [2.45, 2.75) is 32.4 Å². The lowest BCUT2D eigenvalue weighted by Crippen LogP contribution is -2.31. The summed E-state index contributed by atoms with van der Waals surface area (Å²) in [6, 6.07) is 6.94. The predicted octanol–water partition coefficient (Wildman–Crippen LogP) is 3.14. The zero-order valence-electron chi connectivity index (χ0n) is 9.91. The van der Waals surface area contributed by atoms with Crippen molar-refractivity contribution in [3.63, 3.8) is 0 Å². The molecule has 2 nitrogen and oxygen atoms in total. The summed E-state index contributed by atoms with van der Waals surface area (Å²) in [6.07, 6.45) is 2.74. The molecule has 2 N–H and O–H groups in total. The summed E-state index contributed by atoms with van der Waals surface area (Å²) in [5, 5.41) is 0. The monoisotopic (exact) mass is 282 g/mol. The van der Waals surface area contributed by atoms with Crippen molar-refractivity contribution in [1.82, 2.24) is 0 Å². The maximum absolute atomic E-state index is 5.79. The van der Waals surface area contributed by atoms with E-state index in [0.717, 1.165) is 10.4 Å². The van der Waals surface area contributed by atoms with Crippen LogP contribution in [0.2, 0.25) is 0 Å². The van der Waals surface area contributed by atoms with Gasteiger partial charge >= 0.3 is 0 Å². The van der Waals surface area contributed by atoms with Crippen LogP contribution >= 0.6 is 15.9 Å². The highest BCUT2D eigenvalue weighted by molar-refractivity contribution is 9.10. The lowest BCUT2D eigenvalue weighted by atomic mass is 10.1. The summed E-state index contributed by atoms with van der Waals surface area (Å²) in [4.78, 5) is 2.37. The van der Waals surface area contributed by atoms with E-state index in [1.807, 2.05) is 0 Å². The molecule has 88 valence electrons. The summed E-state index contributed by atoms with van der Waals surface area (Å²) in [7, 11) is 2.17. The fourth-order valence-corrected chi connectivity index (χ4v) is 2.50. The van der Waals surface area contributed by atoms with E-state index >= 15 is 0 Å². The number of rotatable bonds is 4. The molecule has 1 aliphatic carbocycles. The summed E-state index contributed by atoms with van der Waals surface area (Å²) in [5.41, 5.74) is 8.27. The minimum absolute atomic E-state index is 0.602. The van der Waals surface area contributed by atoms with Gasteiger partial charge in [-0.1, -0.05) is 22.0 Å². The fourth-order valence-electron chi connectivity index (χ4n) is 2.15. The second-order valence-electron chi connectivity index (χ2n) is 4.67. The second-order valence-corrected chi connectivity index (χ2v) is 5.58. The van der Waals surface area contributed by atoms with Crippen molar-refractivity contribution >= 4 is 21.6 Å². The normalized spacial score (nSPS) is 17.2. The topological polar surface area (TPSA) is 29.3 Å². The van der Waals surface area contributed by atoms with Crippen molar-refractivity contribution < 1.29 is 0 Å². The molecule has 1 saturated carbocycles. The molecule has 3 heteroatoms. The van der Waals surface area contributed by atoms with E-state index in [-0.39, 0.29) is 0 Å². The molecule has 0 heterocycles. The Hall–Kier alpha value is -0.540. The molecule has 1 aromatic rings. The molecule has 0 radical (unpaired) electrons. The minimum Gasteiger partial charge on any atom is -0.371 e. The van der Waals surface area contributed by atoms with Crippen LogP contribution in [-0.2, 0) is 6.54 Å². The molecule has 0 amide bonds. The van der Waals surface area contributed by atoms with E-state index in [9.17, 15) is 0 Å². The van der Waals surface area contributed by atoms with Crippen molar-refractivity contribution in [2.75, 3.05) is 11.9 Å². The van der Waals surface area contributed by atoms with Gasteiger partial charge in [-0.2, -0.15) is 0 Å². The Morgan fingerprint density at radius 2 is 2.19 bits per heavy atom. The number of nitrogens with zero attached hydrogens (tertiary/aromatic N) is 1. The molecule has 0 saturated heterocycles. The number of nitrogens with two attached hydrogens (primary N) is 1. The Morgan fingerprint density at radius 3 is 2.75 bits per heavy atom. The van der Waals surface area contributed by atoms with E-state index in [0.29, 0.717) is 12.6 Å². The highest BCUT2D eigenvalue weighted by Crippen LogP contribution is 2.37. The molecule has 1 atom stereocenters. The highest BCUT2D eigenvalue weighted by atomic mass is 79.9. The average Bonchev–Trinajstić information content (AvgIpc) is 3.11. The van der Waals surface area contributed by atoms with Crippen LogP contribution in [0.3, 0.4) is 0 Å². The number of halogens is 1. The maximum Gasteiger partial charge on any atom is 0.0422 e. The largest absolute Gasteiger partial charge is 0.371 e. The van der Waals surface area contributed by atoms with Gasteiger partial charge in [0.1, 0.15) is 0 Å². The number of anilines is 1. The van der Waals surface area contributed by atoms with Crippen LogP contribution in [0.4, 0.5) is 5.69 Å². The van der Waals surface area contributed by atoms with Gasteiger partial charge in [0.15, 0.2) is 0 Å². The van der Waals surface area contributed by atoms with Crippen LogP contribution in [0.25, 0.3) is 0 Å². The third-order valence-electron chi connectivity index (χ3n) is 3.56. The summed E-state index contributed by atoms with van der Waals surface area (Å²) < 4.78 is 1.12. The van der Waals surface area contributed by atoms with Crippen LogP contribution in [-0.4, -0.2) is 13.1 Å². The van der Waals surface area contributed by atoms with Gasteiger partial charge in [-0.15, -0.1) is 0 Å². The summed E-state index contributed by atoms with van der Waals surface area (Å²) in [5.74, 6) is 0.870. The molecule has 16 heavy (non-hydrogen) atoms. The van der Waals surface area contributed by atoms with E-state index in [1.165, 1.54) is 24.1 Å². The number of benzene rings is 1. The smallest absolute Gasteiger partial charge is 0.0422 e. The van der Waals surface area contributed by atoms with Crippen molar-refractivity contribution in [3.05, 3.63) is 28.2 Å². The molecule has 2 rings (SSSR count). The average molecular weight is 283 g/mol. The molecule has 0 bridgehead atoms. The Morgan fingerprint density at radius 1 is 1.50 bits per heavy atom. The van der Waals surface area contributed by atoms with Gasteiger partial charge in [0, 0.05) is 29.8 Å². The first-order valence-corrected chi connectivity index (χ1v) is 6.64. The van der Waals surface area contributed by atoms with Gasteiger partial charge in [0.05, 0.1) is 0 Å². The second kappa shape index (κ2) is 4.76. The van der Waals surface area contributed by atoms with E-state index in [4.69, 9.17) is 5.73 Å². The van der Waals surface area contributed by atoms with Gasteiger partial charge < -0.3 is 10.6 Å². The van der Waals surface area contributed by atoms with Gasteiger partial charge in [-0.05, 0) is 43.4 Å². The van der Waals surface area contributed by atoms with Crippen molar-refractivity contribution in [1.29, 1.82) is 0 Å². The molecule has 1 aromatic carbocycles. The van der Waals surface area contributed by atoms with Crippen LogP contribution < -0.4 is 10.6 Å². The van der Waals surface area contributed by atoms with Crippen LogP contribution in [0.15, 0.2) is 22.7 Å². The summed E-state index contributed by atoms with van der Waals surface area (Å²) in [6.45, 7) is 2.91. The first-order chi connectivity index (χ1) is 7.63. The standard InChI is InChI=1S/C13H19BrN2/c1-9(10-3-4-10)16(2)13-7-12(14)6-5-11(13)8-15/h5-7,9-10H,3-4,8,15H2,1-2H3. The van der Waals surface area contributed by atoms with Crippen LogP contribution in [0, 0.1) is 5.92 Å². The molecular formula is C13H19BrN2. The van der Waals surface area contributed by atoms with E-state index in [2.05, 4.69) is 53.0 Å². The lowest BCUT2D eigenvalue weighted by Gasteiger charge is -2.29. The van der Waals surface area contributed by atoms with Gasteiger partial charge in [0.25, 0.3) is 0 Å². The van der Waals surface area contributed by atoms with Crippen LogP contribution in [0.1, 0.15) is 25.3 Å². The minimum atomic E-state index is 0.602. The third kappa shape index (κ3) is 2.41. The predicted molar refractivity (Wildman–Crippen MR) is 72.6 cm³/mol. The van der Waals surface area contributed by atoms with Gasteiger partial charge in [0.2, 0.25) is 0 Å². The molecule has 0 aliphatic heterocycles. The maximum atomic E-state index is 5.79. The Labute approximate surface area is 106 Å². The Kier molecular flexibility index (Phi) is 3.55. The molecule has 1 unspecified atom stereocenters. The quantitative estimate of drug-likeness (QED) is 0.919. The molecule has 1 aliphatic rings. The molecule has 0 spiro atoms. The number of hydrogen-bond acceptors (Lipinski definition) is 2. The zero-order chi connectivity index (χ0) is 11.7. The Bertz CT molecular complexity index is 374. The first-order valence-electron chi connectivity index (χ1n) is 5.85. The van der Waals surface area contributed by atoms with Crippen molar-refractivity contribution in [3.8, 4) is 0 Å². The first kappa shape index (κ1) is 11.9. The highest BCUT2D eigenvalue weighted by Gasteiger charge is 2.31. The third-order valence-corrected chi connectivity index (χ3v) is 4.06. The molecular weight excluding hydrogens is 264 g/mol. The zero-order valence-corrected chi connectivity index (χ0v) is 11.5. The SMILES string of the molecule is CC(C1CC1)N(C)c1cc(Br)ccc1CN.